The van der Waals surface area contributed by atoms with E-state index in [1.165, 1.54) is 0 Å². The summed E-state index contributed by atoms with van der Waals surface area (Å²) in [5, 5.41) is 2.51. The van der Waals surface area contributed by atoms with E-state index < -0.39 is 5.91 Å². The minimum atomic E-state index is -0.504. The van der Waals surface area contributed by atoms with Crippen molar-refractivity contribution in [2.75, 3.05) is 7.05 Å². The molecule has 5 heteroatoms. The van der Waals surface area contributed by atoms with Crippen LogP contribution in [0.15, 0.2) is 0 Å². The Morgan fingerprint density at radius 1 is 1.47 bits per heavy atom. The topological polar surface area (TPSA) is 88.0 Å². The van der Waals surface area contributed by atoms with Gasteiger partial charge in [-0.3, -0.25) is 9.59 Å². The number of aryl methyl sites for hydroxylation is 1. The highest BCUT2D eigenvalue weighted by molar-refractivity contribution is 6.02. The summed E-state index contributed by atoms with van der Waals surface area (Å²) in [6.45, 7) is 3.60. The number of carbonyl (C=O) groups is 2. The molecule has 0 aliphatic carbocycles. The molecule has 0 aromatic carbocycles. The number of H-pyrrole nitrogens is 1. The fourth-order valence-corrected chi connectivity index (χ4v) is 1.68. The number of carbonyl (C=O) groups excluding carboxylic acids is 2. The number of rotatable bonds is 3. The molecule has 1 aromatic heterocycles. The van der Waals surface area contributed by atoms with Crippen LogP contribution in [-0.2, 0) is 6.42 Å². The third kappa shape index (κ3) is 1.86. The third-order valence-corrected chi connectivity index (χ3v) is 2.35. The Morgan fingerprint density at radius 2 is 2.07 bits per heavy atom. The van der Waals surface area contributed by atoms with E-state index in [2.05, 4.69) is 10.3 Å². The lowest BCUT2D eigenvalue weighted by atomic mass is 10.1. The predicted octanol–water partition coefficient (Wildman–Crippen LogP) is 0.344. The smallest absolute Gasteiger partial charge is 0.267 e. The molecule has 1 heterocycles. The minimum Gasteiger partial charge on any atom is -0.366 e. The highest BCUT2D eigenvalue weighted by atomic mass is 16.2. The van der Waals surface area contributed by atoms with E-state index >= 15 is 0 Å². The molecule has 0 saturated carbocycles. The van der Waals surface area contributed by atoms with Crippen LogP contribution in [0.5, 0.6) is 0 Å². The molecule has 2 amide bonds. The van der Waals surface area contributed by atoms with Gasteiger partial charge in [0.1, 0.15) is 5.69 Å². The van der Waals surface area contributed by atoms with Gasteiger partial charge in [-0.2, -0.15) is 0 Å². The number of nitrogens with one attached hydrogen (secondary N) is 2. The highest BCUT2D eigenvalue weighted by Crippen LogP contribution is 2.18. The van der Waals surface area contributed by atoms with Crippen molar-refractivity contribution < 1.29 is 9.59 Å². The Kier molecular flexibility index (Phi) is 3.14. The summed E-state index contributed by atoms with van der Waals surface area (Å²) in [5.74, 6) is -0.738. The van der Waals surface area contributed by atoms with Gasteiger partial charge in [-0.05, 0) is 18.9 Å². The van der Waals surface area contributed by atoms with Gasteiger partial charge in [0.2, 0.25) is 0 Å². The van der Waals surface area contributed by atoms with Crippen LogP contribution in [0.1, 0.15) is 39.0 Å². The van der Waals surface area contributed by atoms with Crippen molar-refractivity contribution in [2.24, 2.45) is 5.73 Å². The van der Waals surface area contributed by atoms with Gasteiger partial charge in [0.15, 0.2) is 0 Å². The number of aromatic nitrogens is 1. The summed E-state index contributed by atoms with van der Waals surface area (Å²) in [5.41, 5.74) is 7.42. The van der Waals surface area contributed by atoms with E-state index in [1.807, 2.05) is 6.92 Å². The zero-order valence-electron chi connectivity index (χ0n) is 9.10. The molecular formula is C10H15N3O2. The molecule has 0 spiro atoms. The van der Waals surface area contributed by atoms with Crippen molar-refractivity contribution in [2.45, 2.75) is 20.3 Å². The van der Waals surface area contributed by atoms with Crippen LogP contribution in [0.3, 0.4) is 0 Å². The molecule has 1 aromatic rings. The maximum Gasteiger partial charge on any atom is 0.267 e. The van der Waals surface area contributed by atoms with Crippen LogP contribution in [-0.4, -0.2) is 23.8 Å². The first-order valence-corrected chi connectivity index (χ1v) is 4.76. The summed E-state index contributed by atoms with van der Waals surface area (Å²) in [7, 11) is 1.54. The molecule has 0 atom stereocenters. The van der Waals surface area contributed by atoms with E-state index in [-0.39, 0.29) is 5.91 Å². The fourth-order valence-electron chi connectivity index (χ4n) is 1.68. The molecule has 0 aliphatic heterocycles. The van der Waals surface area contributed by atoms with Crippen molar-refractivity contribution in [3.63, 3.8) is 0 Å². The Balaban J connectivity index is 3.37. The zero-order chi connectivity index (χ0) is 11.6. The summed E-state index contributed by atoms with van der Waals surface area (Å²) in [4.78, 5) is 25.6. The quantitative estimate of drug-likeness (QED) is 0.670. The van der Waals surface area contributed by atoms with Crippen LogP contribution in [0, 0.1) is 6.92 Å². The minimum absolute atomic E-state index is 0.234. The second-order valence-electron chi connectivity index (χ2n) is 3.28. The molecule has 0 radical (unpaired) electrons. The van der Waals surface area contributed by atoms with E-state index in [0.717, 1.165) is 0 Å². The van der Waals surface area contributed by atoms with Gasteiger partial charge in [0.05, 0.1) is 5.56 Å². The Bertz CT molecular complexity index is 407. The Labute approximate surface area is 88.0 Å². The first-order chi connectivity index (χ1) is 7.02. The summed E-state index contributed by atoms with van der Waals surface area (Å²) in [6.07, 6.45) is 0.589. The van der Waals surface area contributed by atoms with Gasteiger partial charge in [-0.1, -0.05) is 6.92 Å². The number of nitrogens with two attached hydrogens (primary N) is 1. The van der Waals surface area contributed by atoms with Gasteiger partial charge in [-0.15, -0.1) is 0 Å². The number of amides is 2. The fraction of sp³-hybridized carbons (Fsp3) is 0.400. The first-order valence-electron chi connectivity index (χ1n) is 4.76. The first kappa shape index (κ1) is 11.3. The van der Waals surface area contributed by atoms with Gasteiger partial charge in [-0.25, -0.2) is 0 Å². The van der Waals surface area contributed by atoms with Crippen LogP contribution < -0.4 is 11.1 Å². The van der Waals surface area contributed by atoms with Crippen molar-refractivity contribution in [1.82, 2.24) is 10.3 Å². The van der Waals surface area contributed by atoms with Crippen molar-refractivity contribution in [3.05, 3.63) is 22.5 Å². The second kappa shape index (κ2) is 4.16. The number of hydrogen-bond acceptors (Lipinski definition) is 2. The molecule has 5 nitrogen and oxygen atoms in total. The predicted molar refractivity (Wildman–Crippen MR) is 56.8 cm³/mol. The van der Waals surface area contributed by atoms with Crippen LogP contribution >= 0.6 is 0 Å². The molecule has 0 saturated heterocycles. The largest absolute Gasteiger partial charge is 0.366 e. The molecule has 0 bridgehead atoms. The average Bonchev–Trinajstić information content (AvgIpc) is 2.53. The lowest BCUT2D eigenvalue weighted by Gasteiger charge is -2.01. The van der Waals surface area contributed by atoms with E-state index in [4.69, 9.17) is 5.73 Å². The lowest BCUT2D eigenvalue weighted by Crippen LogP contribution is -2.20. The third-order valence-electron chi connectivity index (χ3n) is 2.35. The average molecular weight is 209 g/mol. The van der Waals surface area contributed by atoms with Crippen molar-refractivity contribution >= 4 is 11.8 Å². The van der Waals surface area contributed by atoms with Gasteiger partial charge < -0.3 is 16.0 Å². The van der Waals surface area contributed by atoms with Crippen molar-refractivity contribution in [1.29, 1.82) is 0 Å². The highest BCUT2D eigenvalue weighted by Gasteiger charge is 2.21. The molecule has 1 rings (SSSR count). The van der Waals surface area contributed by atoms with Crippen molar-refractivity contribution in [3.8, 4) is 0 Å². The molecule has 0 unspecified atom stereocenters. The second-order valence-corrected chi connectivity index (χ2v) is 3.28. The molecule has 15 heavy (non-hydrogen) atoms. The maximum atomic E-state index is 11.5. The number of hydrogen-bond donors (Lipinski definition) is 3. The van der Waals surface area contributed by atoms with Gasteiger partial charge in [0, 0.05) is 12.7 Å². The van der Waals surface area contributed by atoms with Crippen LogP contribution in [0.2, 0.25) is 0 Å². The summed E-state index contributed by atoms with van der Waals surface area (Å²) in [6, 6.07) is 0. The molecule has 0 fully saturated rings. The number of aromatic amines is 1. The maximum absolute atomic E-state index is 11.5. The molecular weight excluding hydrogens is 194 g/mol. The molecule has 4 N–H and O–H groups in total. The summed E-state index contributed by atoms with van der Waals surface area (Å²) >= 11 is 0. The monoisotopic (exact) mass is 209 g/mol. The molecule has 0 aliphatic rings. The number of primary amides is 1. The lowest BCUT2D eigenvalue weighted by molar-refractivity contribution is 0.0957. The van der Waals surface area contributed by atoms with Gasteiger partial charge in [0.25, 0.3) is 11.8 Å². The SMILES string of the molecule is CCc1c(C(=O)NC)[nH]c(C)c1C(N)=O. The Hall–Kier alpha value is -1.78. The van der Waals surface area contributed by atoms with E-state index in [9.17, 15) is 9.59 Å². The standard InChI is InChI=1S/C10H15N3O2/c1-4-6-7(9(11)14)5(2)13-8(6)10(15)12-3/h13H,4H2,1-3H3,(H2,11,14)(H,12,15). The molecule has 82 valence electrons. The van der Waals surface area contributed by atoms with Crippen LogP contribution in [0.25, 0.3) is 0 Å². The van der Waals surface area contributed by atoms with Crippen LogP contribution in [0.4, 0.5) is 0 Å². The summed E-state index contributed by atoms with van der Waals surface area (Å²) < 4.78 is 0. The van der Waals surface area contributed by atoms with E-state index in [0.29, 0.717) is 28.9 Å². The van der Waals surface area contributed by atoms with Gasteiger partial charge >= 0.3 is 0 Å². The Morgan fingerprint density at radius 3 is 2.47 bits per heavy atom. The zero-order valence-corrected chi connectivity index (χ0v) is 9.10. The normalized spacial score (nSPS) is 10.1. The van der Waals surface area contributed by atoms with E-state index in [1.54, 1.807) is 14.0 Å².